The fourth-order valence-electron chi connectivity index (χ4n) is 1.71. The van der Waals surface area contributed by atoms with Crippen LogP contribution in [-0.4, -0.2) is 19.1 Å². The first-order valence-electron chi connectivity index (χ1n) is 5.73. The number of hydrogen-bond acceptors (Lipinski definition) is 4. The maximum absolute atomic E-state index is 13.7. The molecule has 0 fully saturated rings. The van der Waals surface area contributed by atoms with Gasteiger partial charge in [0.15, 0.2) is 0 Å². The van der Waals surface area contributed by atoms with Gasteiger partial charge in [-0.15, -0.1) is 11.3 Å². The third-order valence-electron chi connectivity index (χ3n) is 2.56. The third-order valence-corrected chi connectivity index (χ3v) is 3.69. The summed E-state index contributed by atoms with van der Waals surface area (Å²) >= 11 is 1.34. The monoisotopic (exact) mass is 284 g/mol. The van der Waals surface area contributed by atoms with Crippen LogP contribution in [0.4, 0.5) is 8.78 Å². The zero-order valence-electron chi connectivity index (χ0n) is 10.7. The lowest BCUT2D eigenvalue weighted by molar-refractivity contribution is 0.181. The first-order valence-corrected chi connectivity index (χ1v) is 6.55. The summed E-state index contributed by atoms with van der Waals surface area (Å²) in [4.78, 5) is 5.30. The number of benzene rings is 1. The molecule has 0 bridgehead atoms. The minimum Gasteiger partial charge on any atom is -0.378 e. The highest BCUT2D eigenvalue weighted by Crippen LogP contribution is 2.30. The molecule has 0 aliphatic carbocycles. The van der Waals surface area contributed by atoms with Gasteiger partial charge in [0.25, 0.3) is 0 Å². The number of aromatic nitrogens is 1. The van der Waals surface area contributed by atoms with E-state index in [0.717, 1.165) is 28.8 Å². The third kappa shape index (κ3) is 3.15. The molecule has 0 amide bonds. The molecule has 0 saturated heterocycles. The van der Waals surface area contributed by atoms with Crippen LogP contribution < -0.4 is 5.32 Å². The highest BCUT2D eigenvalue weighted by atomic mass is 32.1. The van der Waals surface area contributed by atoms with E-state index in [1.807, 2.05) is 7.05 Å². The first kappa shape index (κ1) is 14.0. The van der Waals surface area contributed by atoms with E-state index < -0.39 is 11.6 Å². The van der Waals surface area contributed by atoms with E-state index in [9.17, 15) is 8.78 Å². The maximum atomic E-state index is 13.7. The molecule has 0 radical (unpaired) electrons. The van der Waals surface area contributed by atoms with Gasteiger partial charge in [0.05, 0.1) is 12.3 Å². The topological polar surface area (TPSA) is 34.2 Å². The molecule has 2 rings (SSSR count). The minimum atomic E-state index is -0.477. The molecule has 0 saturated carbocycles. The van der Waals surface area contributed by atoms with Crippen LogP contribution >= 0.6 is 11.3 Å². The number of nitrogens with one attached hydrogen (secondary N) is 1. The summed E-state index contributed by atoms with van der Waals surface area (Å²) in [5.41, 5.74) is 0.935. The molecule has 6 heteroatoms. The van der Waals surface area contributed by atoms with Crippen molar-refractivity contribution in [3.63, 3.8) is 0 Å². The van der Waals surface area contributed by atoms with Gasteiger partial charge in [-0.2, -0.15) is 0 Å². The largest absolute Gasteiger partial charge is 0.378 e. The van der Waals surface area contributed by atoms with Crippen LogP contribution in [0.25, 0.3) is 10.6 Å². The van der Waals surface area contributed by atoms with E-state index in [2.05, 4.69) is 10.3 Å². The van der Waals surface area contributed by atoms with Crippen molar-refractivity contribution in [1.29, 1.82) is 0 Å². The number of thiazole rings is 1. The number of hydrogen-bond donors (Lipinski definition) is 1. The van der Waals surface area contributed by atoms with E-state index >= 15 is 0 Å². The predicted octanol–water partition coefficient (Wildman–Crippen LogP) is 2.95. The van der Waals surface area contributed by atoms with Crippen molar-refractivity contribution in [2.75, 3.05) is 14.2 Å². The Morgan fingerprint density at radius 3 is 2.84 bits per heavy atom. The second-order valence-electron chi connectivity index (χ2n) is 3.98. The number of halogens is 2. The second kappa shape index (κ2) is 6.18. The van der Waals surface area contributed by atoms with E-state index in [0.29, 0.717) is 18.2 Å². The SMILES string of the molecule is CNCc1sc(-c2cc(F)ccc2F)nc1COC. The fraction of sp³-hybridized carbons (Fsp3) is 0.308. The molecule has 3 nitrogen and oxygen atoms in total. The van der Waals surface area contributed by atoms with E-state index in [1.54, 1.807) is 7.11 Å². The van der Waals surface area contributed by atoms with Crippen molar-refractivity contribution in [2.24, 2.45) is 0 Å². The van der Waals surface area contributed by atoms with Gasteiger partial charge in [-0.25, -0.2) is 13.8 Å². The van der Waals surface area contributed by atoms with Gasteiger partial charge in [-0.05, 0) is 25.2 Å². The lowest BCUT2D eigenvalue weighted by Gasteiger charge is -1.98. The van der Waals surface area contributed by atoms with E-state index in [-0.39, 0.29) is 5.56 Å². The molecule has 2 aromatic rings. The van der Waals surface area contributed by atoms with Gasteiger partial charge in [-0.1, -0.05) is 0 Å². The molecular formula is C13H14F2N2OS. The van der Waals surface area contributed by atoms with Crippen molar-refractivity contribution in [3.8, 4) is 10.6 Å². The van der Waals surface area contributed by atoms with Crippen molar-refractivity contribution in [2.45, 2.75) is 13.2 Å². The maximum Gasteiger partial charge on any atom is 0.133 e. The Labute approximate surface area is 114 Å². The molecule has 19 heavy (non-hydrogen) atoms. The number of nitrogens with zero attached hydrogens (tertiary/aromatic N) is 1. The number of methoxy groups -OCH3 is 1. The van der Waals surface area contributed by atoms with Crippen molar-refractivity contribution < 1.29 is 13.5 Å². The van der Waals surface area contributed by atoms with Crippen LogP contribution in [0.15, 0.2) is 18.2 Å². The molecule has 1 aromatic heterocycles. The van der Waals surface area contributed by atoms with Crippen LogP contribution in [0.1, 0.15) is 10.6 Å². The zero-order valence-corrected chi connectivity index (χ0v) is 11.5. The Balaban J connectivity index is 2.44. The standard InChI is InChI=1S/C13H14F2N2OS/c1-16-6-12-11(7-18-2)17-13(19-12)9-5-8(14)3-4-10(9)15/h3-5,16H,6-7H2,1-2H3. The average molecular weight is 284 g/mol. The van der Waals surface area contributed by atoms with E-state index in [4.69, 9.17) is 4.74 Å². The summed E-state index contributed by atoms with van der Waals surface area (Å²) in [6.45, 7) is 0.970. The highest BCUT2D eigenvalue weighted by Gasteiger charge is 2.15. The summed E-state index contributed by atoms with van der Waals surface area (Å²) in [6, 6.07) is 3.37. The summed E-state index contributed by atoms with van der Waals surface area (Å²) in [5, 5.41) is 3.49. The number of rotatable bonds is 5. The normalized spacial score (nSPS) is 10.9. The Morgan fingerprint density at radius 1 is 1.37 bits per heavy atom. The average Bonchev–Trinajstić information content (AvgIpc) is 2.77. The Morgan fingerprint density at radius 2 is 2.16 bits per heavy atom. The first-order chi connectivity index (χ1) is 9.15. The van der Waals surface area contributed by atoms with E-state index in [1.165, 1.54) is 11.3 Å². The summed E-state index contributed by atoms with van der Waals surface area (Å²) in [7, 11) is 3.39. The van der Waals surface area contributed by atoms with Gasteiger partial charge in [0.2, 0.25) is 0 Å². The lowest BCUT2D eigenvalue weighted by Crippen LogP contribution is -2.06. The smallest absolute Gasteiger partial charge is 0.133 e. The minimum absolute atomic E-state index is 0.185. The molecule has 1 heterocycles. The Bertz CT molecular complexity index is 548. The van der Waals surface area contributed by atoms with Gasteiger partial charge in [0.1, 0.15) is 16.6 Å². The summed E-state index contributed by atoms with van der Waals surface area (Å²) in [5.74, 6) is -0.954. The summed E-state index contributed by atoms with van der Waals surface area (Å²) < 4.78 is 32.0. The van der Waals surface area contributed by atoms with Crippen molar-refractivity contribution in [1.82, 2.24) is 10.3 Å². The molecule has 0 aliphatic rings. The van der Waals surface area contributed by atoms with Crippen LogP contribution in [0.2, 0.25) is 0 Å². The lowest BCUT2D eigenvalue weighted by atomic mass is 10.2. The molecule has 102 valence electrons. The highest BCUT2D eigenvalue weighted by molar-refractivity contribution is 7.15. The molecule has 0 aliphatic heterocycles. The molecule has 1 N–H and O–H groups in total. The molecule has 0 unspecified atom stereocenters. The van der Waals surface area contributed by atoms with Gasteiger partial charge in [-0.3, -0.25) is 0 Å². The van der Waals surface area contributed by atoms with Gasteiger partial charge < -0.3 is 10.1 Å². The Hall–Kier alpha value is -1.37. The molecule has 1 aromatic carbocycles. The van der Waals surface area contributed by atoms with Crippen LogP contribution in [-0.2, 0) is 17.9 Å². The van der Waals surface area contributed by atoms with Crippen LogP contribution in [0.3, 0.4) is 0 Å². The fourth-order valence-corrected chi connectivity index (χ4v) is 2.80. The zero-order chi connectivity index (χ0) is 13.8. The Kier molecular flexibility index (Phi) is 4.57. The molecule has 0 atom stereocenters. The molecule has 0 spiro atoms. The molecular weight excluding hydrogens is 270 g/mol. The van der Waals surface area contributed by atoms with Gasteiger partial charge in [0, 0.05) is 24.1 Å². The predicted molar refractivity (Wildman–Crippen MR) is 70.9 cm³/mol. The number of ether oxygens (including phenoxy) is 1. The quantitative estimate of drug-likeness (QED) is 0.916. The summed E-state index contributed by atoms with van der Waals surface area (Å²) in [6.07, 6.45) is 0. The van der Waals surface area contributed by atoms with Crippen LogP contribution in [0.5, 0.6) is 0 Å². The van der Waals surface area contributed by atoms with Crippen LogP contribution in [0, 0.1) is 11.6 Å². The van der Waals surface area contributed by atoms with Crippen molar-refractivity contribution >= 4 is 11.3 Å². The van der Waals surface area contributed by atoms with Gasteiger partial charge >= 0.3 is 0 Å². The second-order valence-corrected chi connectivity index (χ2v) is 5.06. The van der Waals surface area contributed by atoms with Crippen molar-refractivity contribution in [3.05, 3.63) is 40.4 Å².